The van der Waals surface area contributed by atoms with Gasteiger partial charge in [-0.25, -0.2) is 0 Å². The summed E-state index contributed by atoms with van der Waals surface area (Å²) in [5.74, 6) is 3.31. The van der Waals surface area contributed by atoms with Crippen LogP contribution in [0.5, 0.6) is 0 Å². The Kier molecular flexibility index (Phi) is 3.95. The molecular formula is C9H17N3OS. The molecule has 0 bridgehead atoms. The lowest BCUT2D eigenvalue weighted by Crippen LogP contribution is -2.33. The number of nitrogens with one attached hydrogen (secondary N) is 1. The minimum absolute atomic E-state index is 0.248. The monoisotopic (exact) mass is 215 g/mol. The van der Waals surface area contributed by atoms with Crippen LogP contribution < -0.4 is 5.32 Å². The molecule has 80 valence electrons. The fourth-order valence-corrected chi connectivity index (χ4v) is 1.37. The van der Waals surface area contributed by atoms with Crippen molar-refractivity contribution in [2.24, 2.45) is 0 Å². The second-order valence-electron chi connectivity index (χ2n) is 3.53. The largest absolute Gasteiger partial charge is 0.337 e. The Hall–Kier alpha value is -0.550. The lowest BCUT2D eigenvalue weighted by atomic mass is 10.1. The fraction of sp³-hybridized carbons (Fsp3) is 0.778. The van der Waals surface area contributed by atoms with Crippen LogP contribution in [0.4, 0.5) is 0 Å². The van der Waals surface area contributed by atoms with E-state index < -0.39 is 0 Å². The average Bonchev–Trinajstić information content (AvgIpc) is 2.63. The van der Waals surface area contributed by atoms with Crippen molar-refractivity contribution in [1.29, 1.82) is 0 Å². The standard InChI is InChI=1S/C9H17N3OS/c1-5-14-6-7-11-8(13-12-7)9(2,3)10-4/h10H,5-6H2,1-4H3. The minimum Gasteiger partial charge on any atom is -0.337 e. The molecule has 14 heavy (non-hydrogen) atoms. The van der Waals surface area contributed by atoms with Gasteiger partial charge in [-0.2, -0.15) is 16.7 Å². The molecule has 0 saturated heterocycles. The average molecular weight is 215 g/mol. The Morgan fingerprint density at radius 2 is 2.21 bits per heavy atom. The minimum atomic E-state index is -0.248. The molecular weight excluding hydrogens is 198 g/mol. The molecule has 0 amide bonds. The van der Waals surface area contributed by atoms with Crippen molar-refractivity contribution >= 4 is 11.8 Å². The summed E-state index contributed by atoms with van der Waals surface area (Å²) < 4.78 is 5.18. The normalized spacial score (nSPS) is 12.0. The molecule has 0 fully saturated rings. The van der Waals surface area contributed by atoms with E-state index in [9.17, 15) is 0 Å². The van der Waals surface area contributed by atoms with Crippen LogP contribution in [-0.4, -0.2) is 22.9 Å². The van der Waals surface area contributed by atoms with E-state index in [1.165, 1.54) is 0 Å². The van der Waals surface area contributed by atoms with Crippen molar-refractivity contribution < 1.29 is 4.52 Å². The van der Waals surface area contributed by atoms with Crippen LogP contribution in [0.25, 0.3) is 0 Å². The lowest BCUT2D eigenvalue weighted by Gasteiger charge is -2.17. The quantitative estimate of drug-likeness (QED) is 0.811. The second-order valence-corrected chi connectivity index (χ2v) is 4.80. The van der Waals surface area contributed by atoms with Crippen LogP contribution in [0.1, 0.15) is 32.5 Å². The summed E-state index contributed by atoms with van der Waals surface area (Å²) in [4.78, 5) is 4.33. The summed E-state index contributed by atoms with van der Waals surface area (Å²) in [7, 11) is 1.88. The molecule has 0 unspecified atom stereocenters. The first-order valence-corrected chi connectivity index (χ1v) is 5.85. The predicted molar refractivity (Wildman–Crippen MR) is 58.2 cm³/mol. The highest BCUT2D eigenvalue weighted by Crippen LogP contribution is 2.18. The van der Waals surface area contributed by atoms with Crippen molar-refractivity contribution in [3.63, 3.8) is 0 Å². The summed E-state index contributed by atoms with van der Waals surface area (Å²) in [6.45, 7) is 6.14. The van der Waals surface area contributed by atoms with Gasteiger partial charge in [0.25, 0.3) is 0 Å². The topological polar surface area (TPSA) is 51.0 Å². The molecule has 0 aliphatic carbocycles. The maximum atomic E-state index is 5.18. The van der Waals surface area contributed by atoms with Gasteiger partial charge in [-0.15, -0.1) is 0 Å². The van der Waals surface area contributed by atoms with Crippen molar-refractivity contribution in [3.05, 3.63) is 11.7 Å². The van der Waals surface area contributed by atoms with E-state index in [-0.39, 0.29) is 5.54 Å². The molecule has 0 spiro atoms. The molecule has 1 heterocycles. The van der Waals surface area contributed by atoms with Gasteiger partial charge in [-0.3, -0.25) is 0 Å². The summed E-state index contributed by atoms with van der Waals surface area (Å²) >= 11 is 1.79. The summed E-state index contributed by atoms with van der Waals surface area (Å²) in [5.41, 5.74) is -0.248. The van der Waals surface area contributed by atoms with Gasteiger partial charge >= 0.3 is 0 Å². The van der Waals surface area contributed by atoms with Gasteiger partial charge < -0.3 is 9.84 Å². The Labute approximate surface area is 88.8 Å². The molecule has 0 aromatic carbocycles. The third-order valence-corrected chi connectivity index (χ3v) is 2.93. The van der Waals surface area contributed by atoms with Crippen LogP contribution >= 0.6 is 11.8 Å². The van der Waals surface area contributed by atoms with E-state index in [2.05, 4.69) is 22.4 Å². The van der Waals surface area contributed by atoms with Crippen molar-refractivity contribution in [3.8, 4) is 0 Å². The molecule has 1 aromatic rings. The van der Waals surface area contributed by atoms with E-state index >= 15 is 0 Å². The van der Waals surface area contributed by atoms with Gasteiger partial charge in [0, 0.05) is 0 Å². The maximum absolute atomic E-state index is 5.18. The molecule has 1 rings (SSSR count). The Morgan fingerprint density at radius 3 is 2.79 bits per heavy atom. The second kappa shape index (κ2) is 4.79. The first-order chi connectivity index (χ1) is 6.60. The molecule has 4 nitrogen and oxygen atoms in total. The summed E-state index contributed by atoms with van der Waals surface area (Å²) in [6, 6.07) is 0. The zero-order chi connectivity index (χ0) is 10.6. The predicted octanol–water partition coefficient (Wildman–Crippen LogP) is 1.78. The van der Waals surface area contributed by atoms with Gasteiger partial charge in [0.15, 0.2) is 5.82 Å². The molecule has 0 aliphatic heterocycles. The van der Waals surface area contributed by atoms with Crippen LogP contribution in [0.3, 0.4) is 0 Å². The summed E-state index contributed by atoms with van der Waals surface area (Å²) in [5, 5.41) is 7.04. The highest BCUT2D eigenvalue weighted by Gasteiger charge is 2.25. The molecule has 0 atom stereocenters. The van der Waals surface area contributed by atoms with E-state index in [0.29, 0.717) is 5.89 Å². The van der Waals surface area contributed by atoms with Gasteiger partial charge in [-0.1, -0.05) is 12.1 Å². The number of hydrogen-bond donors (Lipinski definition) is 1. The van der Waals surface area contributed by atoms with Crippen LogP contribution in [0.2, 0.25) is 0 Å². The molecule has 0 saturated carbocycles. The Morgan fingerprint density at radius 1 is 1.50 bits per heavy atom. The number of rotatable bonds is 5. The number of thioether (sulfide) groups is 1. The third kappa shape index (κ3) is 2.72. The molecule has 0 radical (unpaired) electrons. The third-order valence-electron chi connectivity index (χ3n) is 2.06. The lowest BCUT2D eigenvalue weighted by molar-refractivity contribution is 0.280. The number of aromatic nitrogens is 2. The molecule has 1 N–H and O–H groups in total. The summed E-state index contributed by atoms with van der Waals surface area (Å²) in [6.07, 6.45) is 0. The van der Waals surface area contributed by atoms with Gasteiger partial charge in [-0.05, 0) is 26.6 Å². The van der Waals surface area contributed by atoms with Crippen molar-refractivity contribution in [2.45, 2.75) is 32.1 Å². The SMILES string of the molecule is CCSCc1noc(C(C)(C)NC)n1. The zero-order valence-corrected chi connectivity index (χ0v) is 9.94. The van der Waals surface area contributed by atoms with Crippen LogP contribution in [0.15, 0.2) is 4.52 Å². The van der Waals surface area contributed by atoms with Gasteiger partial charge in [0.1, 0.15) is 0 Å². The van der Waals surface area contributed by atoms with E-state index in [0.717, 1.165) is 17.3 Å². The maximum Gasteiger partial charge on any atom is 0.246 e. The Bertz CT molecular complexity index is 285. The highest BCUT2D eigenvalue weighted by atomic mass is 32.2. The van der Waals surface area contributed by atoms with Crippen molar-refractivity contribution in [2.75, 3.05) is 12.8 Å². The smallest absolute Gasteiger partial charge is 0.246 e. The van der Waals surface area contributed by atoms with Crippen molar-refractivity contribution in [1.82, 2.24) is 15.5 Å². The van der Waals surface area contributed by atoms with Crippen LogP contribution in [-0.2, 0) is 11.3 Å². The molecule has 0 aliphatic rings. The molecule has 1 aromatic heterocycles. The van der Waals surface area contributed by atoms with Gasteiger partial charge in [0.05, 0.1) is 11.3 Å². The van der Waals surface area contributed by atoms with E-state index in [4.69, 9.17) is 4.52 Å². The van der Waals surface area contributed by atoms with Crippen LogP contribution in [0, 0.1) is 0 Å². The first-order valence-electron chi connectivity index (χ1n) is 4.70. The van der Waals surface area contributed by atoms with E-state index in [1.54, 1.807) is 11.8 Å². The highest BCUT2D eigenvalue weighted by molar-refractivity contribution is 7.98. The Balaban J connectivity index is 2.67. The number of nitrogens with zero attached hydrogens (tertiary/aromatic N) is 2. The van der Waals surface area contributed by atoms with Gasteiger partial charge in [0.2, 0.25) is 5.89 Å². The first kappa shape index (κ1) is 11.5. The fourth-order valence-electron chi connectivity index (χ4n) is 0.867. The zero-order valence-electron chi connectivity index (χ0n) is 9.13. The van der Waals surface area contributed by atoms with E-state index in [1.807, 2.05) is 20.9 Å². The number of hydrogen-bond acceptors (Lipinski definition) is 5. The molecule has 5 heteroatoms.